The van der Waals surface area contributed by atoms with Crippen LogP contribution in [0.25, 0.3) is 0 Å². The van der Waals surface area contributed by atoms with E-state index in [1.165, 1.54) is 4.90 Å². The molecule has 0 heterocycles. The Morgan fingerprint density at radius 1 is 1.03 bits per heavy atom. The second-order valence-electron chi connectivity index (χ2n) is 7.86. The van der Waals surface area contributed by atoms with Crippen molar-refractivity contribution in [3.05, 3.63) is 29.8 Å². The lowest BCUT2D eigenvalue weighted by Gasteiger charge is -2.19. The number of nitrogens with one attached hydrogen (secondary N) is 3. The first kappa shape index (κ1) is 25.1. The van der Waals surface area contributed by atoms with Crippen LogP contribution in [-0.4, -0.2) is 69.3 Å². The molecule has 3 N–H and O–H groups in total. The zero-order valence-corrected chi connectivity index (χ0v) is 18.9. The Morgan fingerprint density at radius 2 is 1.67 bits per heavy atom. The summed E-state index contributed by atoms with van der Waals surface area (Å²) in [4.78, 5) is 29.6. The molecular weight excluding hydrogens is 386 g/mol. The van der Waals surface area contributed by atoms with Gasteiger partial charge in [0.15, 0.2) is 5.96 Å². The van der Waals surface area contributed by atoms with Gasteiger partial charge in [0.1, 0.15) is 11.4 Å². The van der Waals surface area contributed by atoms with Gasteiger partial charge >= 0.3 is 6.09 Å². The van der Waals surface area contributed by atoms with Crippen LogP contribution in [0.4, 0.5) is 4.79 Å². The highest BCUT2D eigenvalue weighted by atomic mass is 16.6. The number of ether oxygens (including phenoxy) is 2. The van der Waals surface area contributed by atoms with Crippen LogP contribution in [0, 0.1) is 0 Å². The number of carbonyl (C=O) groups excluding carboxylic acids is 2. The maximum Gasteiger partial charge on any atom is 0.407 e. The quantitative estimate of drug-likeness (QED) is 0.319. The molecule has 0 saturated heterocycles. The van der Waals surface area contributed by atoms with Crippen molar-refractivity contribution in [1.29, 1.82) is 0 Å². The Bertz CT molecular complexity index is 696. The van der Waals surface area contributed by atoms with Gasteiger partial charge in [0.2, 0.25) is 5.91 Å². The molecule has 0 fully saturated rings. The van der Waals surface area contributed by atoms with Crippen LogP contribution in [-0.2, 0) is 16.1 Å². The molecule has 0 saturated carbocycles. The molecule has 0 bridgehead atoms. The molecule has 0 spiro atoms. The molecule has 0 radical (unpaired) electrons. The van der Waals surface area contributed by atoms with E-state index in [0.717, 1.165) is 11.3 Å². The van der Waals surface area contributed by atoms with Crippen molar-refractivity contribution in [2.24, 2.45) is 4.99 Å². The molecule has 168 valence electrons. The number of nitrogens with zero attached hydrogens (tertiary/aromatic N) is 2. The molecule has 9 nitrogen and oxygen atoms in total. The molecule has 0 atom stereocenters. The Hall–Kier alpha value is -2.97. The molecule has 30 heavy (non-hydrogen) atoms. The first-order valence-corrected chi connectivity index (χ1v) is 9.93. The monoisotopic (exact) mass is 421 g/mol. The number of alkyl carbamates (subject to hydrolysis) is 1. The zero-order chi connectivity index (χ0) is 22.6. The standard InChI is InChI=1S/C21H35N5O4/c1-21(2,3)30-20(28)23-13-7-12-22-19(25-15-18(27)26(4)5)24-14-16-8-10-17(29-6)11-9-16/h8-11H,7,12-15H2,1-6H3,(H,23,28)(H2,22,24,25). The van der Waals surface area contributed by atoms with Gasteiger partial charge in [-0.2, -0.15) is 0 Å². The number of guanidine groups is 1. The van der Waals surface area contributed by atoms with Gasteiger partial charge in [-0.1, -0.05) is 12.1 Å². The molecule has 0 aliphatic rings. The summed E-state index contributed by atoms with van der Waals surface area (Å²) in [5, 5.41) is 8.93. The van der Waals surface area contributed by atoms with Crippen LogP contribution in [0.3, 0.4) is 0 Å². The maximum atomic E-state index is 11.9. The highest BCUT2D eigenvalue weighted by molar-refractivity contribution is 5.86. The Balaban J connectivity index is 2.53. The minimum atomic E-state index is -0.521. The van der Waals surface area contributed by atoms with Crippen LogP contribution < -0.4 is 20.7 Å². The number of benzene rings is 1. The molecule has 1 rings (SSSR count). The predicted octanol–water partition coefficient (Wildman–Crippen LogP) is 1.73. The third kappa shape index (κ3) is 11.1. The van der Waals surface area contributed by atoms with E-state index in [1.807, 2.05) is 45.0 Å². The summed E-state index contributed by atoms with van der Waals surface area (Å²) < 4.78 is 10.4. The third-order valence-electron chi connectivity index (χ3n) is 3.80. The fourth-order valence-corrected chi connectivity index (χ4v) is 2.19. The van der Waals surface area contributed by atoms with Crippen molar-refractivity contribution >= 4 is 18.0 Å². The van der Waals surface area contributed by atoms with Crippen LogP contribution in [0.5, 0.6) is 5.75 Å². The lowest BCUT2D eigenvalue weighted by molar-refractivity contribution is -0.127. The summed E-state index contributed by atoms with van der Waals surface area (Å²) in [6.45, 7) is 7.08. The van der Waals surface area contributed by atoms with E-state index >= 15 is 0 Å². The van der Waals surface area contributed by atoms with Gasteiger partial charge in [0, 0.05) is 27.2 Å². The molecule has 0 aromatic heterocycles. The second-order valence-corrected chi connectivity index (χ2v) is 7.86. The smallest absolute Gasteiger partial charge is 0.407 e. The first-order chi connectivity index (χ1) is 14.1. The number of hydrogen-bond donors (Lipinski definition) is 3. The van der Waals surface area contributed by atoms with Gasteiger partial charge in [-0.25, -0.2) is 9.79 Å². The van der Waals surface area contributed by atoms with Crippen molar-refractivity contribution in [2.45, 2.75) is 39.3 Å². The summed E-state index contributed by atoms with van der Waals surface area (Å²) in [7, 11) is 5.03. The number of carbonyl (C=O) groups is 2. The average molecular weight is 422 g/mol. The number of hydrogen-bond acceptors (Lipinski definition) is 5. The number of likely N-dealkylation sites (N-methyl/N-ethyl adjacent to an activating group) is 1. The minimum Gasteiger partial charge on any atom is -0.497 e. The van der Waals surface area contributed by atoms with Crippen molar-refractivity contribution in [1.82, 2.24) is 20.9 Å². The number of amides is 2. The number of aliphatic imine (C=N–C) groups is 1. The van der Waals surface area contributed by atoms with Crippen LogP contribution in [0.2, 0.25) is 0 Å². The van der Waals surface area contributed by atoms with Crippen molar-refractivity contribution in [3.63, 3.8) is 0 Å². The fourth-order valence-electron chi connectivity index (χ4n) is 2.19. The normalized spacial score (nSPS) is 11.5. The second kappa shape index (κ2) is 12.6. The first-order valence-electron chi connectivity index (χ1n) is 9.93. The Kier molecular flexibility index (Phi) is 10.5. The van der Waals surface area contributed by atoms with Crippen LogP contribution in [0.15, 0.2) is 29.3 Å². The summed E-state index contributed by atoms with van der Waals surface area (Å²) >= 11 is 0. The van der Waals surface area contributed by atoms with Crippen LogP contribution in [0.1, 0.15) is 32.8 Å². The van der Waals surface area contributed by atoms with Gasteiger partial charge in [0.05, 0.1) is 20.2 Å². The maximum absolute atomic E-state index is 11.9. The minimum absolute atomic E-state index is 0.0551. The Labute approximate surface area is 179 Å². The van der Waals surface area contributed by atoms with Gasteiger partial charge < -0.3 is 30.3 Å². The Morgan fingerprint density at radius 3 is 2.23 bits per heavy atom. The van der Waals surface area contributed by atoms with Crippen molar-refractivity contribution in [3.8, 4) is 5.75 Å². The van der Waals surface area contributed by atoms with E-state index in [1.54, 1.807) is 21.2 Å². The van der Waals surface area contributed by atoms with E-state index < -0.39 is 11.7 Å². The lowest BCUT2D eigenvalue weighted by atomic mass is 10.2. The summed E-state index contributed by atoms with van der Waals surface area (Å²) in [5.41, 5.74) is 0.495. The van der Waals surface area contributed by atoms with E-state index in [-0.39, 0.29) is 12.5 Å². The molecule has 0 unspecified atom stereocenters. The van der Waals surface area contributed by atoms with Gasteiger partial charge in [-0.3, -0.25) is 4.79 Å². The van der Waals surface area contributed by atoms with E-state index in [9.17, 15) is 9.59 Å². The van der Waals surface area contributed by atoms with E-state index in [0.29, 0.717) is 32.0 Å². The van der Waals surface area contributed by atoms with Gasteiger partial charge in [-0.15, -0.1) is 0 Å². The highest BCUT2D eigenvalue weighted by Gasteiger charge is 2.15. The molecule has 1 aromatic carbocycles. The fraction of sp³-hybridized carbons (Fsp3) is 0.571. The lowest BCUT2D eigenvalue weighted by Crippen LogP contribution is -2.43. The highest BCUT2D eigenvalue weighted by Crippen LogP contribution is 2.11. The summed E-state index contributed by atoms with van der Waals surface area (Å²) in [6, 6.07) is 7.64. The summed E-state index contributed by atoms with van der Waals surface area (Å²) in [5.74, 6) is 1.26. The van der Waals surface area contributed by atoms with Crippen molar-refractivity contribution in [2.75, 3.05) is 40.8 Å². The molecule has 9 heteroatoms. The molecule has 0 aliphatic carbocycles. The third-order valence-corrected chi connectivity index (χ3v) is 3.80. The van der Waals surface area contributed by atoms with Crippen molar-refractivity contribution < 1.29 is 19.1 Å². The SMILES string of the molecule is COc1ccc(CN=C(NCCCNC(=O)OC(C)(C)C)NCC(=O)N(C)C)cc1. The van der Waals surface area contributed by atoms with E-state index in [2.05, 4.69) is 20.9 Å². The zero-order valence-electron chi connectivity index (χ0n) is 18.9. The average Bonchev–Trinajstić information content (AvgIpc) is 2.67. The summed E-state index contributed by atoms with van der Waals surface area (Å²) in [6.07, 6.45) is 0.231. The molecule has 1 aromatic rings. The number of methoxy groups -OCH3 is 1. The van der Waals surface area contributed by atoms with E-state index in [4.69, 9.17) is 9.47 Å². The molecular formula is C21H35N5O4. The number of rotatable bonds is 9. The topological polar surface area (TPSA) is 104 Å². The molecule has 0 aliphatic heterocycles. The van der Waals surface area contributed by atoms with Crippen LogP contribution >= 0.6 is 0 Å². The van der Waals surface area contributed by atoms with Gasteiger partial charge in [0.25, 0.3) is 0 Å². The molecule has 2 amide bonds. The van der Waals surface area contributed by atoms with Gasteiger partial charge in [-0.05, 0) is 44.9 Å². The predicted molar refractivity (Wildman–Crippen MR) is 118 cm³/mol. The largest absolute Gasteiger partial charge is 0.497 e.